The molecule has 3 heterocycles. The number of unbranched alkanes of at least 4 members (excludes halogenated alkanes) is 2. The molecule has 7 heteroatoms. The second-order valence-corrected chi connectivity index (χ2v) is 7.93. The Hall–Kier alpha value is -1.99. The Morgan fingerprint density at radius 2 is 1.93 bits per heavy atom. The molecule has 0 aliphatic carbocycles. The van der Waals surface area contributed by atoms with Gasteiger partial charge < -0.3 is 4.90 Å². The molecule has 144 valence electrons. The first-order valence-electron chi connectivity index (χ1n) is 10.2. The van der Waals surface area contributed by atoms with Crippen molar-refractivity contribution < 1.29 is 4.90 Å². The Balaban J connectivity index is 1.87. The molecule has 3 aromatic rings. The van der Waals surface area contributed by atoms with Crippen LogP contribution in [0.25, 0.3) is 16.7 Å². The maximum Gasteiger partial charge on any atom is 0.262 e. The zero-order valence-corrected chi connectivity index (χ0v) is 16.8. The van der Waals surface area contributed by atoms with Gasteiger partial charge in [-0.3, -0.25) is 13.8 Å². The Morgan fingerprint density at radius 3 is 2.70 bits per heavy atom. The van der Waals surface area contributed by atoms with Gasteiger partial charge in [0.05, 0.1) is 24.0 Å². The van der Waals surface area contributed by atoms with Crippen molar-refractivity contribution in [3.63, 3.8) is 0 Å². The molecule has 0 amide bonds. The molecule has 1 N–H and O–H groups in total. The average Bonchev–Trinajstić information content (AvgIpc) is 3.01. The lowest BCUT2D eigenvalue weighted by Gasteiger charge is -2.22. The smallest absolute Gasteiger partial charge is 0.262 e. The molecule has 0 atom stereocenters. The maximum atomic E-state index is 13.1. The highest BCUT2D eigenvalue weighted by Crippen LogP contribution is 2.14. The summed E-state index contributed by atoms with van der Waals surface area (Å²) in [6, 6.07) is 7.73. The summed E-state index contributed by atoms with van der Waals surface area (Å²) < 4.78 is 6.41. The summed E-state index contributed by atoms with van der Waals surface area (Å²) in [5.74, 6) is 0.677. The summed E-state index contributed by atoms with van der Waals surface area (Å²) in [5, 5.41) is 5.52. The van der Waals surface area contributed by atoms with Crippen LogP contribution in [0.2, 0.25) is 0 Å². The molecule has 1 saturated heterocycles. The highest BCUT2D eigenvalue weighted by molar-refractivity contribution is 7.71. The first kappa shape index (κ1) is 18.4. The lowest BCUT2D eigenvalue weighted by Crippen LogP contribution is -3.12. The van der Waals surface area contributed by atoms with Gasteiger partial charge >= 0.3 is 0 Å². The molecule has 0 spiro atoms. The second kappa shape index (κ2) is 7.94. The van der Waals surface area contributed by atoms with E-state index in [1.807, 2.05) is 37.9 Å². The standard InChI is InChI=1S/C20H27N5OS/c1-2-3-7-14-23-18(26)16-10-5-6-11-17(16)25-19(23)21-24(20(25)27)15-22-12-8-4-9-13-22/h5-6,10-11H,2-4,7-9,12-15H2,1H3/p+1. The van der Waals surface area contributed by atoms with E-state index in [0.717, 1.165) is 31.4 Å². The van der Waals surface area contributed by atoms with Gasteiger partial charge in [0.15, 0.2) is 6.67 Å². The number of nitrogens with one attached hydrogen (secondary N) is 1. The number of nitrogens with zero attached hydrogens (tertiary/aromatic N) is 4. The fourth-order valence-corrected chi connectivity index (χ4v) is 4.40. The minimum absolute atomic E-state index is 0.0340. The minimum atomic E-state index is 0.0340. The van der Waals surface area contributed by atoms with E-state index in [0.29, 0.717) is 22.5 Å². The molecule has 0 saturated carbocycles. The van der Waals surface area contributed by atoms with Crippen molar-refractivity contribution >= 4 is 28.9 Å². The van der Waals surface area contributed by atoms with Gasteiger partial charge in [-0.25, -0.2) is 0 Å². The van der Waals surface area contributed by atoms with Crippen molar-refractivity contribution in [3.8, 4) is 0 Å². The average molecular weight is 387 g/mol. The fraction of sp³-hybridized carbons (Fsp3) is 0.550. The topological polar surface area (TPSA) is 48.7 Å². The van der Waals surface area contributed by atoms with Crippen LogP contribution in [0.15, 0.2) is 29.1 Å². The van der Waals surface area contributed by atoms with Gasteiger partial charge in [0, 0.05) is 6.54 Å². The van der Waals surface area contributed by atoms with Crippen LogP contribution in [0.5, 0.6) is 0 Å². The Kier molecular flexibility index (Phi) is 5.41. The summed E-state index contributed by atoms with van der Waals surface area (Å²) in [6.07, 6.45) is 7.05. The van der Waals surface area contributed by atoms with Gasteiger partial charge in [0.2, 0.25) is 10.5 Å². The summed E-state index contributed by atoms with van der Waals surface area (Å²) in [5.41, 5.74) is 0.890. The molecule has 1 aliphatic heterocycles. The Morgan fingerprint density at radius 1 is 1.15 bits per heavy atom. The van der Waals surface area contributed by atoms with Crippen molar-refractivity contribution in [2.45, 2.75) is 58.7 Å². The van der Waals surface area contributed by atoms with Gasteiger partial charge in [0.1, 0.15) is 0 Å². The third-order valence-corrected chi connectivity index (χ3v) is 6.00. The molecule has 1 fully saturated rings. The van der Waals surface area contributed by atoms with Gasteiger partial charge in [0.25, 0.3) is 5.56 Å². The summed E-state index contributed by atoms with van der Waals surface area (Å²) in [7, 11) is 0. The fourth-order valence-electron chi connectivity index (χ4n) is 4.11. The monoisotopic (exact) mass is 386 g/mol. The SMILES string of the molecule is CCCCCn1c(=O)c2ccccc2n2c(=S)n(C[NH+]3CCCCC3)nc12. The number of piperidine rings is 1. The van der Waals surface area contributed by atoms with Gasteiger partial charge in [-0.1, -0.05) is 31.9 Å². The number of para-hydroxylation sites is 1. The second-order valence-electron chi connectivity index (χ2n) is 7.57. The minimum Gasteiger partial charge on any atom is -0.316 e. The number of benzene rings is 1. The molecule has 1 aromatic carbocycles. The van der Waals surface area contributed by atoms with E-state index in [-0.39, 0.29) is 5.56 Å². The lowest BCUT2D eigenvalue weighted by molar-refractivity contribution is -0.928. The van der Waals surface area contributed by atoms with E-state index < -0.39 is 0 Å². The van der Waals surface area contributed by atoms with E-state index in [1.54, 1.807) is 0 Å². The predicted octanol–water partition coefficient (Wildman–Crippen LogP) is 2.40. The number of hydrogen-bond donors (Lipinski definition) is 1. The summed E-state index contributed by atoms with van der Waals surface area (Å²) in [4.78, 5) is 14.6. The van der Waals surface area contributed by atoms with Gasteiger partial charge in [-0.15, -0.1) is 5.10 Å². The molecule has 0 radical (unpaired) electrons. The zero-order valence-electron chi connectivity index (χ0n) is 16.0. The molecule has 1 aliphatic rings. The Bertz CT molecular complexity index is 1060. The summed E-state index contributed by atoms with van der Waals surface area (Å²) >= 11 is 5.80. The highest BCUT2D eigenvalue weighted by Gasteiger charge is 2.19. The van der Waals surface area contributed by atoms with Crippen LogP contribution in [0.3, 0.4) is 0 Å². The molecule has 2 aromatic heterocycles. The van der Waals surface area contributed by atoms with Crippen molar-refractivity contribution in [3.05, 3.63) is 39.4 Å². The quantitative estimate of drug-likeness (QED) is 0.523. The van der Waals surface area contributed by atoms with Crippen LogP contribution in [-0.4, -0.2) is 31.8 Å². The first-order chi connectivity index (χ1) is 13.2. The third kappa shape index (κ3) is 3.46. The number of fused-ring (bicyclic) bond motifs is 3. The number of rotatable bonds is 6. The van der Waals surface area contributed by atoms with Crippen LogP contribution in [-0.2, 0) is 13.2 Å². The molecule has 0 bridgehead atoms. The molecule has 0 unspecified atom stereocenters. The molecule has 6 nitrogen and oxygen atoms in total. The zero-order chi connectivity index (χ0) is 18.8. The van der Waals surface area contributed by atoms with Crippen LogP contribution in [0.1, 0.15) is 45.4 Å². The van der Waals surface area contributed by atoms with E-state index in [1.165, 1.54) is 37.3 Å². The van der Waals surface area contributed by atoms with E-state index >= 15 is 0 Å². The number of aryl methyl sites for hydroxylation is 1. The van der Waals surface area contributed by atoms with Crippen LogP contribution >= 0.6 is 12.2 Å². The van der Waals surface area contributed by atoms with Crippen LogP contribution in [0, 0.1) is 4.77 Å². The van der Waals surface area contributed by atoms with Crippen LogP contribution in [0.4, 0.5) is 0 Å². The highest BCUT2D eigenvalue weighted by atomic mass is 32.1. The summed E-state index contributed by atoms with van der Waals surface area (Å²) in [6.45, 7) is 5.96. The van der Waals surface area contributed by atoms with Crippen molar-refractivity contribution in [1.29, 1.82) is 0 Å². The largest absolute Gasteiger partial charge is 0.316 e. The van der Waals surface area contributed by atoms with E-state index in [2.05, 4.69) is 6.92 Å². The van der Waals surface area contributed by atoms with Gasteiger partial charge in [-0.2, -0.15) is 4.68 Å². The first-order valence-corrected chi connectivity index (χ1v) is 10.6. The number of aromatic nitrogens is 4. The van der Waals surface area contributed by atoms with E-state index in [4.69, 9.17) is 17.3 Å². The lowest BCUT2D eigenvalue weighted by atomic mass is 10.1. The molecule has 27 heavy (non-hydrogen) atoms. The van der Waals surface area contributed by atoms with Crippen molar-refractivity contribution in [2.75, 3.05) is 13.1 Å². The normalized spacial score (nSPS) is 15.7. The van der Waals surface area contributed by atoms with Gasteiger partial charge in [-0.05, 0) is 50.0 Å². The van der Waals surface area contributed by atoms with E-state index in [9.17, 15) is 4.79 Å². The number of likely N-dealkylation sites (tertiary alicyclic amines) is 1. The maximum absolute atomic E-state index is 13.1. The number of hydrogen-bond acceptors (Lipinski definition) is 3. The third-order valence-electron chi connectivity index (χ3n) is 5.60. The van der Waals surface area contributed by atoms with Crippen molar-refractivity contribution in [1.82, 2.24) is 18.7 Å². The molecule has 4 rings (SSSR count). The van der Waals surface area contributed by atoms with Crippen LogP contribution < -0.4 is 10.5 Å². The molecular formula is C20H28N5OS+. The molecular weight excluding hydrogens is 358 g/mol. The van der Waals surface area contributed by atoms with Crippen molar-refractivity contribution in [2.24, 2.45) is 0 Å². The Labute approximate surface area is 164 Å². The predicted molar refractivity (Wildman–Crippen MR) is 110 cm³/mol. The number of quaternary nitrogens is 1.